The van der Waals surface area contributed by atoms with Gasteiger partial charge in [0.15, 0.2) is 5.96 Å². The lowest BCUT2D eigenvalue weighted by atomic mass is 10.1. The SMILES string of the molecule is CCNC(=NCCCOCC(F)(F)F)NCCc1cccc(C(=O)NC)c1.I. The number of aliphatic imine (C=N–C) groups is 1. The number of amides is 1. The van der Waals surface area contributed by atoms with Crippen molar-refractivity contribution in [3.05, 3.63) is 35.4 Å². The summed E-state index contributed by atoms with van der Waals surface area (Å²) >= 11 is 0. The summed E-state index contributed by atoms with van der Waals surface area (Å²) in [6.07, 6.45) is -3.19. The van der Waals surface area contributed by atoms with Gasteiger partial charge in [0.1, 0.15) is 6.61 Å². The molecule has 0 radical (unpaired) electrons. The molecule has 1 rings (SSSR count). The molecule has 1 aromatic rings. The van der Waals surface area contributed by atoms with E-state index in [1.165, 1.54) is 0 Å². The summed E-state index contributed by atoms with van der Waals surface area (Å²) in [6, 6.07) is 7.36. The average molecular weight is 516 g/mol. The highest BCUT2D eigenvalue weighted by atomic mass is 127. The van der Waals surface area contributed by atoms with E-state index in [0.29, 0.717) is 44.0 Å². The summed E-state index contributed by atoms with van der Waals surface area (Å²) in [4.78, 5) is 16.0. The predicted octanol–water partition coefficient (Wildman–Crippen LogP) is 2.73. The first-order chi connectivity index (χ1) is 12.9. The molecule has 0 saturated heterocycles. The molecule has 28 heavy (non-hydrogen) atoms. The number of halogens is 4. The van der Waals surface area contributed by atoms with Crippen LogP contribution in [0, 0.1) is 0 Å². The number of carbonyl (C=O) groups is 1. The number of nitrogens with one attached hydrogen (secondary N) is 3. The van der Waals surface area contributed by atoms with Gasteiger partial charge in [0.05, 0.1) is 0 Å². The molecular weight excluding hydrogens is 488 g/mol. The first kappa shape index (κ1) is 26.4. The van der Waals surface area contributed by atoms with Crippen LogP contribution in [0.2, 0.25) is 0 Å². The maximum absolute atomic E-state index is 12.0. The highest BCUT2D eigenvalue weighted by Crippen LogP contribution is 2.14. The van der Waals surface area contributed by atoms with E-state index in [0.717, 1.165) is 5.56 Å². The van der Waals surface area contributed by atoms with Crippen molar-refractivity contribution in [3.63, 3.8) is 0 Å². The topological polar surface area (TPSA) is 74.8 Å². The van der Waals surface area contributed by atoms with Crippen LogP contribution in [0.15, 0.2) is 29.3 Å². The van der Waals surface area contributed by atoms with E-state index >= 15 is 0 Å². The van der Waals surface area contributed by atoms with Gasteiger partial charge in [-0.3, -0.25) is 9.79 Å². The fourth-order valence-electron chi connectivity index (χ4n) is 2.22. The van der Waals surface area contributed by atoms with Crippen LogP contribution in [-0.2, 0) is 11.2 Å². The maximum atomic E-state index is 12.0. The molecule has 0 unspecified atom stereocenters. The molecular formula is C18H28F3IN4O2. The largest absolute Gasteiger partial charge is 0.411 e. The van der Waals surface area contributed by atoms with Crippen molar-refractivity contribution in [1.82, 2.24) is 16.0 Å². The average Bonchev–Trinajstić information content (AvgIpc) is 2.63. The highest BCUT2D eigenvalue weighted by molar-refractivity contribution is 14.0. The number of hydrogen-bond donors (Lipinski definition) is 3. The van der Waals surface area contributed by atoms with Crippen LogP contribution in [-0.4, -0.2) is 57.9 Å². The standard InChI is InChI=1S/C18H27F3N4O2.HI/c1-3-23-17(24-9-5-11-27-13-18(19,20)21)25-10-8-14-6-4-7-15(12-14)16(26)22-2;/h4,6-7,12H,3,5,8-11,13H2,1-2H3,(H,22,26)(H2,23,24,25);1H. The fraction of sp³-hybridized carbons (Fsp3) is 0.556. The van der Waals surface area contributed by atoms with Crippen molar-refractivity contribution in [2.75, 3.05) is 39.9 Å². The van der Waals surface area contributed by atoms with Crippen molar-refractivity contribution in [2.24, 2.45) is 4.99 Å². The van der Waals surface area contributed by atoms with E-state index in [9.17, 15) is 18.0 Å². The number of hydrogen-bond acceptors (Lipinski definition) is 3. The van der Waals surface area contributed by atoms with Crippen molar-refractivity contribution in [3.8, 4) is 0 Å². The first-order valence-corrected chi connectivity index (χ1v) is 8.83. The van der Waals surface area contributed by atoms with Crippen LogP contribution in [0.4, 0.5) is 13.2 Å². The zero-order chi connectivity index (χ0) is 20.1. The molecule has 0 atom stereocenters. The lowest BCUT2D eigenvalue weighted by Crippen LogP contribution is -2.38. The van der Waals surface area contributed by atoms with Crippen LogP contribution < -0.4 is 16.0 Å². The van der Waals surface area contributed by atoms with Crippen LogP contribution in [0.1, 0.15) is 29.3 Å². The Morgan fingerprint density at radius 1 is 1.25 bits per heavy atom. The Morgan fingerprint density at radius 3 is 2.64 bits per heavy atom. The number of alkyl halides is 3. The van der Waals surface area contributed by atoms with Gasteiger partial charge in [-0.05, 0) is 37.5 Å². The summed E-state index contributed by atoms with van der Waals surface area (Å²) in [5.74, 6) is 0.461. The zero-order valence-electron chi connectivity index (χ0n) is 16.1. The minimum atomic E-state index is -4.30. The molecule has 1 aromatic carbocycles. The third kappa shape index (κ3) is 12.0. The van der Waals surface area contributed by atoms with Gasteiger partial charge in [-0.1, -0.05) is 12.1 Å². The number of ether oxygens (including phenoxy) is 1. The highest BCUT2D eigenvalue weighted by Gasteiger charge is 2.27. The normalized spacial score (nSPS) is 11.5. The second-order valence-corrected chi connectivity index (χ2v) is 5.74. The van der Waals surface area contributed by atoms with Gasteiger partial charge in [0.25, 0.3) is 5.91 Å². The minimum absolute atomic E-state index is 0. The molecule has 0 aliphatic carbocycles. The summed E-state index contributed by atoms with van der Waals surface area (Å²) in [7, 11) is 1.59. The summed E-state index contributed by atoms with van der Waals surface area (Å²) in [5.41, 5.74) is 1.62. The molecule has 160 valence electrons. The maximum Gasteiger partial charge on any atom is 0.411 e. The van der Waals surface area contributed by atoms with Gasteiger partial charge in [-0.25, -0.2) is 0 Å². The second kappa shape index (κ2) is 14.4. The first-order valence-electron chi connectivity index (χ1n) is 8.83. The van der Waals surface area contributed by atoms with E-state index in [1.807, 2.05) is 25.1 Å². The quantitative estimate of drug-likeness (QED) is 0.194. The van der Waals surface area contributed by atoms with Crippen LogP contribution in [0.3, 0.4) is 0 Å². The Balaban J connectivity index is 0.00000729. The molecule has 0 aliphatic heterocycles. The van der Waals surface area contributed by atoms with Gasteiger partial charge in [0.2, 0.25) is 0 Å². The van der Waals surface area contributed by atoms with Gasteiger partial charge >= 0.3 is 6.18 Å². The molecule has 0 bridgehead atoms. The summed E-state index contributed by atoms with van der Waals surface area (Å²) < 4.78 is 40.5. The molecule has 0 aromatic heterocycles. The second-order valence-electron chi connectivity index (χ2n) is 5.74. The number of rotatable bonds is 10. The van der Waals surface area contributed by atoms with Crippen LogP contribution >= 0.6 is 24.0 Å². The predicted molar refractivity (Wildman–Crippen MR) is 114 cm³/mol. The molecule has 0 saturated carbocycles. The van der Waals surface area contributed by atoms with Crippen molar-refractivity contribution < 1.29 is 22.7 Å². The van der Waals surface area contributed by atoms with Crippen LogP contribution in [0.25, 0.3) is 0 Å². The number of guanidine groups is 1. The van der Waals surface area contributed by atoms with E-state index in [-0.39, 0.29) is 36.5 Å². The molecule has 1 amide bonds. The number of nitrogens with zero attached hydrogens (tertiary/aromatic N) is 1. The van der Waals surface area contributed by atoms with E-state index in [1.54, 1.807) is 13.1 Å². The Kier molecular flexibility index (Phi) is 13.6. The molecule has 0 heterocycles. The Morgan fingerprint density at radius 2 is 2.00 bits per heavy atom. The third-order valence-electron chi connectivity index (χ3n) is 3.45. The van der Waals surface area contributed by atoms with Gasteiger partial charge in [-0.15, -0.1) is 24.0 Å². The van der Waals surface area contributed by atoms with Gasteiger partial charge in [0, 0.05) is 38.9 Å². The molecule has 3 N–H and O–H groups in total. The van der Waals surface area contributed by atoms with E-state index < -0.39 is 12.8 Å². The Hall–Kier alpha value is -1.56. The smallest absolute Gasteiger partial charge is 0.372 e. The number of carbonyl (C=O) groups excluding carboxylic acids is 1. The fourth-order valence-corrected chi connectivity index (χ4v) is 2.22. The van der Waals surface area contributed by atoms with Crippen molar-refractivity contribution in [2.45, 2.75) is 25.9 Å². The summed E-state index contributed by atoms with van der Waals surface area (Å²) in [5, 5.41) is 8.83. The van der Waals surface area contributed by atoms with E-state index in [4.69, 9.17) is 0 Å². The van der Waals surface area contributed by atoms with Crippen molar-refractivity contribution in [1.29, 1.82) is 0 Å². The Labute approximate surface area is 180 Å². The third-order valence-corrected chi connectivity index (χ3v) is 3.45. The van der Waals surface area contributed by atoms with Crippen molar-refractivity contribution >= 4 is 35.8 Å². The van der Waals surface area contributed by atoms with Crippen LogP contribution in [0.5, 0.6) is 0 Å². The lowest BCUT2D eigenvalue weighted by Gasteiger charge is -2.12. The monoisotopic (exact) mass is 516 g/mol. The lowest BCUT2D eigenvalue weighted by molar-refractivity contribution is -0.173. The Bertz CT molecular complexity index is 613. The zero-order valence-corrected chi connectivity index (χ0v) is 18.4. The summed E-state index contributed by atoms with van der Waals surface area (Å²) in [6.45, 7) is 2.34. The molecule has 0 spiro atoms. The minimum Gasteiger partial charge on any atom is -0.372 e. The van der Waals surface area contributed by atoms with Gasteiger partial charge in [-0.2, -0.15) is 13.2 Å². The molecule has 6 nitrogen and oxygen atoms in total. The number of benzene rings is 1. The molecule has 0 fully saturated rings. The van der Waals surface area contributed by atoms with Gasteiger partial charge < -0.3 is 20.7 Å². The molecule has 10 heteroatoms. The molecule has 0 aliphatic rings. The van der Waals surface area contributed by atoms with E-state index in [2.05, 4.69) is 25.7 Å².